The maximum Gasteiger partial charge on any atom is 0.251 e. The van der Waals surface area contributed by atoms with Crippen molar-refractivity contribution >= 4 is 29.1 Å². The Labute approximate surface area is 128 Å². The molecule has 0 radical (unpaired) electrons. The number of aryl methyl sites for hydroxylation is 1. The Bertz CT molecular complexity index is 599. The van der Waals surface area contributed by atoms with E-state index in [-0.39, 0.29) is 11.3 Å². The fraction of sp³-hybridized carbons (Fsp3) is 0.188. The van der Waals surface area contributed by atoms with Crippen LogP contribution in [0.15, 0.2) is 48.5 Å². The molecule has 0 aliphatic heterocycles. The van der Waals surface area contributed by atoms with E-state index in [1.165, 1.54) is 0 Å². The average molecular weight is 308 g/mol. The van der Waals surface area contributed by atoms with Crippen molar-refractivity contribution in [2.75, 3.05) is 6.54 Å². The third-order valence-corrected chi connectivity index (χ3v) is 3.85. The van der Waals surface area contributed by atoms with Gasteiger partial charge < -0.3 is 5.32 Å². The van der Waals surface area contributed by atoms with Crippen LogP contribution in [0, 0.1) is 6.92 Å². The fourth-order valence-corrected chi connectivity index (χ4v) is 2.19. The number of hydrogen-bond donors (Lipinski definition) is 1. The second-order valence-electron chi connectivity index (χ2n) is 4.55. The van der Waals surface area contributed by atoms with Crippen molar-refractivity contribution in [1.82, 2.24) is 5.32 Å². The van der Waals surface area contributed by atoms with Gasteiger partial charge >= 0.3 is 0 Å². The maximum atomic E-state index is 12.0. The van der Waals surface area contributed by atoms with Gasteiger partial charge in [-0.3, -0.25) is 4.79 Å². The lowest BCUT2D eigenvalue weighted by atomic mass is 10.1. The first-order chi connectivity index (χ1) is 9.58. The highest BCUT2D eigenvalue weighted by molar-refractivity contribution is 6.31. The van der Waals surface area contributed by atoms with Crippen molar-refractivity contribution in [3.8, 4) is 0 Å². The lowest BCUT2D eigenvalue weighted by Crippen LogP contribution is -2.26. The molecule has 104 valence electrons. The fourth-order valence-electron chi connectivity index (χ4n) is 1.85. The van der Waals surface area contributed by atoms with Crippen LogP contribution in [0.2, 0.25) is 5.02 Å². The van der Waals surface area contributed by atoms with E-state index in [1.807, 2.05) is 37.3 Å². The second-order valence-corrected chi connectivity index (χ2v) is 5.49. The molecule has 2 nitrogen and oxygen atoms in total. The smallest absolute Gasteiger partial charge is 0.251 e. The topological polar surface area (TPSA) is 29.1 Å². The lowest BCUT2D eigenvalue weighted by Gasteiger charge is -2.11. The van der Waals surface area contributed by atoms with E-state index < -0.39 is 0 Å². The Hall–Kier alpha value is -1.51. The highest BCUT2D eigenvalue weighted by atomic mass is 35.5. The van der Waals surface area contributed by atoms with Gasteiger partial charge in [-0.1, -0.05) is 41.9 Å². The summed E-state index contributed by atoms with van der Waals surface area (Å²) in [7, 11) is 0. The number of rotatable bonds is 4. The van der Waals surface area contributed by atoms with E-state index >= 15 is 0 Å². The summed E-state index contributed by atoms with van der Waals surface area (Å²) in [6.07, 6.45) is 0. The van der Waals surface area contributed by atoms with E-state index in [0.29, 0.717) is 17.1 Å². The van der Waals surface area contributed by atoms with Gasteiger partial charge in [-0.05, 0) is 36.2 Å². The minimum atomic E-state index is -0.242. The van der Waals surface area contributed by atoms with Crippen molar-refractivity contribution in [1.29, 1.82) is 0 Å². The Kier molecular flexibility index (Phi) is 5.05. The molecule has 1 unspecified atom stereocenters. The Balaban J connectivity index is 1.97. The molecule has 0 bridgehead atoms. The molecule has 4 heteroatoms. The molecule has 1 N–H and O–H groups in total. The number of amides is 1. The SMILES string of the molecule is Cc1cc(C(=O)NCC(Cl)c2ccccc2)ccc1Cl. The van der Waals surface area contributed by atoms with Gasteiger partial charge in [-0.2, -0.15) is 0 Å². The van der Waals surface area contributed by atoms with Gasteiger partial charge in [0.05, 0.1) is 5.38 Å². The van der Waals surface area contributed by atoms with E-state index in [4.69, 9.17) is 23.2 Å². The van der Waals surface area contributed by atoms with E-state index in [1.54, 1.807) is 18.2 Å². The van der Waals surface area contributed by atoms with Crippen LogP contribution in [0.3, 0.4) is 0 Å². The summed E-state index contributed by atoms with van der Waals surface area (Å²) in [5, 5.41) is 3.24. The molecule has 0 aliphatic rings. The molecule has 0 heterocycles. The van der Waals surface area contributed by atoms with Gasteiger partial charge in [0.1, 0.15) is 0 Å². The van der Waals surface area contributed by atoms with Crippen LogP contribution in [0.5, 0.6) is 0 Å². The first-order valence-corrected chi connectivity index (χ1v) is 7.12. The van der Waals surface area contributed by atoms with Crippen LogP contribution >= 0.6 is 23.2 Å². The van der Waals surface area contributed by atoms with Gasteiger partial charge in [0.2, 0.25) is 0 Å². The highest BCUT2D eigenvalue weighted by Crippen LogP contribution is 2.19. The summed E-state index contributed by atoms with van der Waals surface area (Å²) in [5.41, 5.74) is 2.45. The predicted octanol–water partition coefficient (Wildman–Crippen LogP) is 4.36. The third-order valence-electron chi connectivity index (χ3n) is 3.02. The number of hydrogen-bond acceptors (Lipinski definition) is 1. The number of carbonyl (C=O) groups is 1. The van der Waals surface area contributed by atoms with Crippen LogP contribution in [-0.2, 0) is 0 Å². The van der Waals surface area contributed by atoms with Crippen LogP contribution in [0.1, 0.15) is 26.9 Å². The first kappa shape index (κ1) is 14.9. The lowest BCUT2D eigenvalue weighted by molar-refractivity contribution is 0.0953. The summed E-state index contributed by atoms with van der Waals surface area (Å²) >= 11 is 12.2. The molecule has 0 spiro atoms. The van der Waals surface area contributed by atoms with Gasteiger partial charge in [0.25, 0.3) is 5.91 Å². The molecule has 1 amide bonds. The predicted molar refractivity (Wildman–Crippen MR) is 83.6 cm³/mol. The van der Waals surface area contributed by atoms with Gasteiger partial charge in [-0.25, -0.2) is 0 Å². The molecular formula is C16H15Cl2NO. The molecule has 2 rings (SSSR count). The minimum absolute atomic E-state index is 0.147. The monoisotopic (exact) mass is 307 g/mol. The zero-order chi connectivity index (χ0) is 14.5. The molecule has 0 aliphatic carbocycles. The Morgan fingerprint density at radius 1 is 1.20 bits per heavy atom. The highest BCUT2D eigenvalue weighted by Gasteiger charge is 2.11. The molecule has 1 atom stereocenters. The minimum Gasteiger partial charge on any atom is -0.350 e. The zero-order valence-corrected chi connectivity index (χ0v) is 12.6. The molecule has 2 aromatic rings. The van der Waals surface area contributed by atoms with Crippen molar-refractivity contribution in [2.24, 2.45) is 0 Å². The van der Waals surface area contributed by atoms with Crippen LogP contribution in [-0.4, -0.2) is 12.5 Å². The van der Waals surface area contributed by atoms with Crippen LogP contribution in [0.25, 0.3) is 0 Å². The Morgan fingerprint density at radius 3 is 2.55 bits per heavy atom. The Morgan fingerprint density at radius 2 is 1.90 bits per heavy atom. The van der Waals surface area contributed by atoms with Crippen molar-refractivity contribution in [3.63, 3.8) is 0 Å². The van der Waals surface area contributed by atoms with Gasteiger partial charge in [-0.15, -0.1) is 11.6 Å². The second kappa shape index (κ2) is 6.78. The summed E-state index contributed by atoms with van der Waals surface area (Å²) < 4.78 is 0. The number of alkyl halides is 1. The summed E-state index contributed by atoms with van der Waals surface area (Å²) in [6, 6.07) is 14.9. The number of carbonyl (C=O) groups excluding carboxylic acids is 1. The van der Waals surface area contributed by atoms with Crippen molar-refractivity contribution < 1.29 is 4.79 Å². The molecular weight excluding hydrogens is 293 g/mol. The zero-order valence-electron chi connectivity index (χ0n) is 11.1. The first-order valence-electron chi connectivity index (χ1n) is 6.31. The van der Waals surface area contributed by atoms with E-state index in [0.717, 1.165) is 11.1 Å². The van der Waals surface area contributed by atoms with Gasteiger partial charge in [0.15, 0.2) is 0 Å². The van der Waals surface area contributed by atoms with Crippen LogP contribution in [0.4, 0.5) is 0 Å². The quantitative estimate of drug-likeness (QED) is 0.836. The van der Waals surface area contributed by atoms with Crippen LogP contribution < -0.4 is 5.32 Å². The summed E-state index contributed by atoms with van der Waals surface area (Å²) in [6.45, 7) is 2.25. The average Bonchev–Trinajstić information content (AvgIpc) is 2.48. The molecule has 20 heavy (non-hydrogen) atoms. The number of halogens is 2. The van der Waals surface area contributed by atoms with E-state index in [2.05, 4.69) is 5.32 Å². The van der Waals surface area contributed by atoms with E-state index in [9.17, 15) is 4.79 Å². The van der Waals surface area contributed by atoms with Crippen molar-refractivity contribution in [3.05, 3.63) is 70.2 Å². The molecule has 0 saturated carbocycles. The maximum absolute atomic E-state index is 12.0. The number of nitrogens with one attached hydrogen (secondary N) is 1. The molecule has 0 saturated heterocycles. The normalized spacial score (nSPS) is 11.9. The molecule has 2 aromatic carbocycles. The standard InChI is InChI=1S/C16H15Cl2NO/c1-11-9-13(7-8-14(11)17)16(20)19-10-15(18)12-5-3-2-4-6-12/h2-9,15H,10H2,1H3,(H,19,20). The summed E-state index contributed by atoms with van der Waals surface area (Å²) in [5.74, 6) is -0.147. The summed E-state index contributed by atoms with van der Waals surface area (Å²) in [4.78, 5) is 12.0. The number of benzene rings is 2. The third kappa shape index (κ3) is 3.75. The molecule has 0 fully saturated rings. The van der Waals surface area contributed by atoms with Crippen molar-refractivity contribution in [2.45, 2.75) is 12.3 Å². The van der Waals surface area contributed by atoms with Gasteiger partial charge in [0, 0.05) is 17.1 Å². The largest absolute Gasteiger partial charge is 0.350 e. The molecule has 0 aromatic heterocycles.